The van der Waals surface area contributed by atoms with Gasteiger partial charge in [0.2, 0.25) is 10.0 Å². The van der Waals surface area contributed by atoms with Gasteiger partial charge in [-0.05, 0) is 48.2 Å². The molecule has 25 heavy (non-hydrogen) atoms. The number of sulfonamides is 1. The average Bonchev–Trinajstić information content (AvgIpc) is 3.03. The fourth-order valence-corrected chi connectivity index (χ4v) is 4.01. The Kier molecular flexibility index (Phi) is 4.78. The van der Waals surface area contributed by atoms with Crippen LogP contribution in [0.5, 0.6) is 0 Å². The van der Waals surface area contributed by atoms with Gasteiger partial charge in [-0.2, -0.15) is 0 Å². The molecule has 2 aromatic carbocycles. The number of aryl methyl sites for hydroxylation is 1. The first-order chi connectivity index (χ1) is 11.9. The van der Waals surface area contributed by atoms with E-state index in [0.29, 0.717) is 13.0 Å². The van der Waals surface area contributed by atoms with Gasteiger partial charge in [-0.1, -0.05) is 24.3 Å². The zero-order valence-corrected chi connectivity index (χ0v) is 15.1. The highest BCUT2D eigenvalue weighted by Crippen LogP contribution is 2.30. The lowest BCUT2D eigenvalue weighted by Crippen LogP contribution is -2.36. The van der Waals surface area contributed by atoms with Gasteiger partial charge in [0.05, 0.1) is 4.90 Å². The number of benzene rings is 2. The van der Waals surface area contributed by atoms with Crippen LogP contribution in [-0.2, 0) is 23.0 Å². The maximum Gasteiger partial charge on any atom is 0.321 e. The summed E-state index contributed by atoms with van der Waals surface area (Å²) < 4.78 is 27.8. The number of urea groups is 1. The van der Waals surface area contributed by atoms with Crippen molar-refractivity contribution in [2.24, 2.45) is 0 Å². The zero-order chi connectivity index (χ0) is 18.0. The minimum Gasteiger partial charge on any atom is -0.341 e. The van der Waals surface area contributed by atoms with E-state index in [2.05, 4.69) is 10.0 Å². The molecule has 1 aliphatic heterocycles. The summed E-state index contributed by atoms with van der Waals surface area (Å²) in [5.41, 5.74) is 3.61. The molecule has 3 rings (SSSR count). The number of carbonyl (C=O) groups is 1. The number of nitrogens with zero attached hydrogens (tertiary/aromatic N) is 1. The average molecular weight is 359 g/mol. The van der Waals surface area contributed by atoms with Gasteiger partial charge in [0.15, 0.2) is 0 Å². The van der Waals surface area contributed by atoms with Gasteiger partial charge in [0.25, 0.3) is 0 Å². The molecule has 0 atom stereocenters. The van der Waals surface area contributed by atoms with Gasteiger partial charge in [0, 0.05) is 25.8 Å². The van der Waals surface area contributed by atoms with Crippen molar-refractivity contribution in [1.29, 1.82) is 0 Å². The number of anilines is 1. The summed E-state index contributed by atoms with van der Waals surface area (Å²) in [6.07, 6.45) is 0.643. The van der Waals surface area contributed by atoms with Crippen molar-refractivity contribution in [2.45, 2.75) is 24.8 Å². The van der Waals surface area contributed by atoms with E-state index in [0.717, 1.165) is 22.4 Å². The molecular formula is C18H21N3O3S. The van der Waals surface area contributed by atoms with E-state index in [1.54, 1.807) is 30.1 Å². The molecule has 0 radical (unpaired) electrons. The summed E-state index contributed by atoms with van der Waals surface area (Å²) in [4.78, 5) is 13.7. The molecule has 0 bridgehead atoms. The van der Waals surface area contributed by atoms with Gasteiger partial charge in [-0.3, -0.25) is 4.90 Å². The Morgan fingerprint density at radius 2 is 1.96 bits per heavy atom. The minimum atomic E-state index is -3.61. The predicted molar refractivity (Wildman–Crippen MR) is 97.2 cm³/mol. The number of hydrogen-bond donors (Lipinski definition) is 2. The second-order valence-corrected chi connectivity index (χ2v) is 7.77. The summed E-state index contributed by atoms with van der Waals surface area (Å²) in [7, 11) is -2.03. The summed E-state index contributed by atoms with van der Waals surface area (Å²) in [5, 5.41) is 2.59. The Hall–Kier alpha value is -2.38. The molecule has 0 spiro atoms. The molecule has 132 valence electrons. The first-order valence-electron chi connectivity index (χ1n) is 8.09. The highest BCUT2D eigenvalue weighted by Gasteiger charge is 2.26. The maximum atomic E-state index is 12.6. The van der Waals surface area contributed by atoms with Crippen LogP contribution in [0.25, 0.3) is 0 Å². The maximum absolute atomic E-state index is 12.6. The van der Waals surface area contributed by atoms with Crippen LogP contribution in [0.2, 0.25) is 0 Å². The number of rotatable bonds is 4. The molecule has 0 fully saturated rings. The minimum absolute atomic E-state index is 0.188. The van der Waals surface area contributed by atoms with E-state index in [1.165, 1.54) is 0 Å². The third-order valence-electron chi connectivity index (χ3n) is 4.43. The molecule has 0 unspecified atom stereocenters. The third-order valence-corrected chi connectivity index (χ3v) is 5.83. The van der Waals surface area contributed by atoms with Crippen molar-refractivity contribution in [1.82, 2.24) is 10.0 Å². The summed E-state index contributed by atoms with van der Waals surface area (Å²) in [6.45, 7) is 2.75. The van der Waals surface area contributed by atoms with E-state index in [1.807, 2.05) is 31.2 Å². The van der Waals surface area contributed by atoms with E-state index >= 15 is 0 Å². The van der Waals surface area contributed by atoms with E-state index in [-0.39, 0.29) is 17.5 Å². The number of carbonyl (C=O) groups excluding carboxylic acids is 1. The fourth-order valence-electron chi connectivity index (χ4n) is 2.96. The van der Waals surface area contributed by atoms with Crippen molar-refractivity contribution in [3.63, 3.8) is 0 Å². The Balaban J connectivity index is 1.80. The lowest BCUT2D eigenvalue weighted by molar-refractivity contribution is 0.248. The molecule has 0 saturated carbocycles. The summed E-state index contributed by atoms with van der Waals surface area (Å²) in [6, 6.07) is 12.4. The molecule has 0 aliphatic carbocycles. The Labute approximate surface area is 147 Å². The Bertz CT molecular complexity index is 910. The smallest absolute Gasteiger partial charge is 0.321 e. The van der Waals surface area contributed by atoms with Crippen molar-refractivity contribution in [2.75, 3.05) is 18.5 Å². The zero-order valence-electron chi connectivity index (χ0n) is 14.2. The van der Waals surface area contributed by atoms with Gasteiger partial charge >= 0.3 is 6.03 Å². The lowest BCUT2D eigenvalue weighted by atomic mass is 10.1. The first kappa shape index (κ1) is 17.4. The second-order valence-electron chi connectivity index (χ2n) is 6.00. The number of nitrogens with one attached hydrogen (secondary N) is 2. The summed E-state index contributed by atoms with van der Waals surface area (Å²) >= 11 is 0. The normalized spacial score (nSPS) is 13.6. The molecule has 2 amide bonds. The van der Waals surface area contributed by atoms with Crippen LogP contribution < -0.4 is 14.9 Å². The number of amides is 2. The molecular weight excluding hydrogens is 338 g/mol. The molecule has 2 aromatic rings. The molecule has 1 heterocycles. The van der Waals surface area contributed by atoms with Crippen LogP contribution in [-0.4, -0.2) is 28.0 Å². The molecule has 7 heteroatoms. The SMILES string of the molecule is CNC(=O)N1CCc2cc(S(=O)(=O)NCc3ccccc3C)ccc21. The number of hydrogen-bond acceptors (Lipinski definition) is 3. The van der Waals surface area contributed by atoms with Crippen LogP contribution in [0.3, 0.4) is 0 Å². The van der Waals surface area contributed by atoms with E-state index < -0.39 is 10.0 Å². The van der Waals surface area contributed by atoms with Crippen molar-refractivity contribution >= 4 is 21.7 Å². The highest BCUT2D eigenvalue weighted by molar-refractivity contribution is 7.89. The topological polar surface area (TPSA) is 78.5 Å². The molecule has 0 aromatic heterocycles. The van der Waals surface area contributed by atoms with Gasteiger partial charge in [0.1, 0.15) is 0 Å². The monoisotopic (exact) mass is 359 g/mol. The summed E-state index contributed by atoms with van der Waals surface area (Å²) in [5.74, 6) is 0. The van der Waals surface area contributed by atoms with E-state index in [4.69, 9.17) is 0 Å². The number of fused-ring (bicyclic) bond motifs is 1. The van der Waals surface area contributed by atoms with Crippen LogP contribution in [0, 0.1) is 6.92 Å². The van der Waals surface area contributed by atoms with Gasteiger partial charge in [-0.25, -0.2) is 17.9 Å². The quantitative estimate of drug-likeness (QED) is 0.878. The van der Waals surface area contributed by atoms with Gasteiger partial charge in [-0.15, -0.1) is 0 Å². The van der Waals surface area contributed by atoms with Gasteiger partial charge < -0.3 is 5.32 Å². The van der Waals surface area contributed by atoms with Crippen LogP contribution in [0.1, 0.15) is 16.7 Å². The Morgan fingerprint density at radius 1 is 1.20 bits per heavy atom. The molecule has 0 saturated heterocycles. The van der Waals surface area contributed by atoms with Crippen molar-refractivity contribution < 1.29 is 13.2 Å². The standard InChI is InChI=1S/C18H21N3O3S/c1-13-5-3-4-6-15(13)12-20-25(23,24)16-7-8-17-14(11-16)9-10-21(17)18(22)19-2/h3-8,11,20H,9-10,12H2,1-2H3,(H,19,22). The molecule has 1 aliphatic rings. The lowest BCUT2D eigenvalue weighted by Gasteiger charge is -2.16. The van der Waals surface area contributed by atoms with Crippen LogP contribution in [0.4, 0.5) is 10.5 Å². The highest BCUT2D eigenvalue weighted by atomic mass is 32.2. The van der Waals surface area contributed by atoms with Crippen molar-refractivity contribution in [3.05, 3.63) is 59.2 Å². The van der Waals surface area contributed by atoms with E-state index in [9.17, 15) is 13.2 Å². The molecule has 6 nitrogen and oxygen atoms in total. The largest absolute Gasteiger partial charge is 0.341 e. The third kappa shape index (κ3) is 3.52. The Morgan fingerprint density at radius 3 is 2.68 bits per heavy atom. The van der Waals surface area contributed by atoms with Crippen LogP contribution >= 0.6 is 0 Å². The van der Waals surface area contributed by atoms with Crippen molar-refractivity contribution in [3.8, 4) is 0 Å². The van der Waals surface area contributed by atoms with Crippen LogP contribution in [0.15, 0.2) is 47.4 Å². The second kappa shape index (κ2) is 6.85. The molecule has 2 N–H and O–H groups in total. The first-order valence-corrected chi connectivity index (χ1v) is 9.57. The predicted octanol–water partition coefficient (Wildman–Crippen LogP) is 2.18. The fraction of sp³-hybridized carbons (Fsp3) is 0.278.